The fourth-order valence-corrected chi connectivity index (χ4v) is 6.93. The van der Waals surface area contributed by atoms with Gasteiger partial charge >= 0.3 is 0 Å². The third-order valence-corrected chi connectivity index (χ3v) is 8.55. The molecular formula is C31H31N2+. The van der Waals surface area contributed by atoms with E-state index < -0.39 is 0 Å². The van der Waals surface area contributed by atoms with Gasteiger partial charge < -0.3 is 4.40 Å². The molecule has 0 aliphatic heterocycles. The van der Waals surface area contributed by atoms with Gasteiger partial charge in [0.05, 0.1) is 27.3 Å². The summed E-state index contributed by atoms with van der Waals surface area (Å²) in [6.45, 7) is 9.09. The van der Waals surface area contributed by atoms with Crippen molar-refractivity contribution in [3.8, 4) is 0 Å². The Morgan fingerprint density at radius 2 is 1.58 bits per heavy atom. The summed E-state index contributed by atoms with van der Waals surface area (Å²) in [7, 11) is 2.21. The average Bonchev–Trinajstić information content (AvgIpc) is 3.42. The minimum atomic E-state index is 0.699. The number of hydrogen-bond donors (Lipinski definition) is 0. The van der Waals surface area contributed by atoms with Crippen molar-refractivity contribution in [2.75, 3.05) is 0 Å². The van der Waals surface area contributed by atoms with Gasteiger partial charge in [-0.1, -0.05) is 25.0 Å². The first-order chi connectivity index (χ1) is 15.9. The molecule has 164 valence electrons. The van der Waals surface area contributed by atoms with Gasteiger partial charge in [0, 0.05) is 16.8 Å². The van der Waals surface area contributed by atoms with E-state index in [1.54, 1.807) is 0 Å². The monoisotopic (exact) mass is 431 g/mol. The molecule has 6 aromatic rings. The maximum absolute atomic E-state index is 2.61. The Labute approximate surface area is 194 Å². The van der Waals surface area contributed by atoms with Crippen LogP contribution in [0.1, 0.15) is 59.4 Å². The Balaban J connectivity index is 1.86. The molecule has 0 spiro atoms. The molecule has 0 atom stereocenters. The van der Waals surface area contributed by atoms with E-state index in [1.807, 2.05) is 0 Å². The predicted molar refractivity (Wildman–Crippen MR) is 140 cm³/mol. The first kappa shape index (κ1) is 19.3. The molecule has 1 saturated carbocycles. The molecule has 0 radical (unpaired) electrons. The van der Waals surface area contributed by atoms with Crippen molar-refractivity contribution in [3.63, 3.8) is 0 Å². The topological polar surface area (TPSA) is 8.29 Å². The highest BCUT2D eigenvalue weighted by Gasteiger charge is 2.27. The minimum Gasteiger partial charge on any atom is -0.307 e. The fraction of sp³-hybridized carbons (Fsp3) is 0.323. The number of aryl methyl sites for hydroxylation is 5. The molecule has 0 bridgehead atoms. The Bertz CT molecular complexity index is 1760. The summed E-state index contributed by atoms with van der Waals surface area (Å²) in [4.78, 5) is 0. The SMILES string of the molecule is Cc1cc(C)c2c3cc(C)c(C)c4c3n(c2c1)c1cc(C2CCCC2)cc2cc[n+](C)c4c21. The molecule has 33 heavy (non-hydrogen) atoms. The zero-order chi connectivity index (χ0) is 22.6. The third-order valence-electron chi connectivity index (χ3n) is 8.55. The number of pyridine rings is 2. The largest absolute Gasteiger partial charge is 0.307 e. The normalized spacial score (nSPS) is 15.4. The smallest absolute Gasteiger partial charge is 0.224 e. The molecule has 0 N–H and O–H groups in total. The molecule has 3 heterocycles. The average molecular weight is 432 g/mol. The van der Waals surface area contributed by atoms with E-state index in [2.05, 4.69) is 86.3 Å². The number of fused-ring (bicyclic) bond motifs is 5. The van der Waals surface area contributed by atoms with Crippen LogP contribution >= 0.6 is 0 Å². The van der Waals surface area contributed by atoms with Crippen LogP contribution in [0.2, 0.25) is 0 Å². The van der Waals surface area contributed by atoms with Crippen LogP contribution in [0.15, 0.2) is 42.6 Å². The lowest BCUT2D eigenvalue weighted by Crippen LogP contribution is -2.29. The van der Waals surface area contributed by atoms with Crippen LogP contribution in [0.25, 0.3) is 49.0 Å². The summed E-state index contributed by atoms with van der Waals surface area (Å²) in [5.74, 6) is 0.699. The second-order valence-electron chi connectivity index (χ2n) is 10.7. The second-order valence-corrected chi connectivity index (χ2v) is 10.7. The zero-order valence-electron chi connectivity index (χ0n) is 20.3. The van der Waals surface area contributed by atoms with E-state index in [1.165, 1.54) is 102 Å². The molecule has 0 saturated heterocycles. The molecule has 7 rings (SSSR count). The molecule has 1 aliphatic carbocycles. The summed E-state index contributed by atoms with van der Waals surface area (Å²) in [5.41, 5.74) is 12.5. The van der Waals surface area contributed by atoms with E-state index in [4.69, 9.17) is 0 Å². The van der Waals surface area contributed by atoms with Gasteiger partial charge in [-0.2, -0.15) is 0 Å². The highest BCUT2D eigenvalue weighted by molar-refractivity contribution is 6.26. The van der Waals surface area contributed by atoms with Gasteiger partial charge in [-0.05, 0) is 97.9 Å². The Morgan fingerprint density at radius 1 is 0.818 bits per heavy atom. The molecule has 2 heteroatoms. The molecular weight excluding hydrogens is 400 g/mol. The summed E-state index contributed by atoms with van der Waals surface area (Å²) < 4.78 is 4.96. The lowest BCUT2D eigenvalue weighted by atomic mass is 9.92. The number of benzene rings is 3. The van der Waals surface area contributed by atoms with Crippen LogP contribution in [-0.2, 0) is 7.05 Å². The van der Waals surface area contributed by atoms with Crippen LogP contribution in [0, 0.1) is 27.7 Å². The van der Waals surface area contributed by atoms with Gasteiger partial charge in [0.1, 0.15) is 7.05 Å². The van der Waals surface area contributed by atoms with E-state index >= 15 is 0 Å². The van der Waals surface area contributed by atoms with Gasteiger partial charge in [0.25, 0.3) is 0 Å². The van der Waals surface area contributed by atoms with E-state index in [9.17, 15) is 0 Å². The third kappa shape index (κ3) is 2.42. The quantitative estimate of drug-likeness (QED) is 0.143. The maximum Gasteiger partial charge on any atom is 0.224 e. The van der Waals surface area contributed by atoms with Crippen molar-refractivity contribution in [2.24, 2.45) is 7.05 Å². The molecule has 1 aliphatic rings. The lowest BCUT2D eigenvalue weighted by Gasteiger charge is -2.17. The van der Waals surface area contributed by atoms with Crippen molar-refractivity contribution in [1.82, 2.24) is 4.40 Å². The highest BCUT2D eigenvalue weighted by Crippen LogP contribution is 2.44. The van der Waals surface area contributed by atoms with Crippen molar-refractivity contribution >= 4 is 49.0 Å². The van der Waals surface area contributed by atoms with Gasteiger partial charge in [0.2, 0.25) is 5.52 Å². The van der Waals surface area contributed by atoms with Crippen molar-refractivity contribution in [2.45, 2.75) is 59.3 Å². The number of rotatable bonds is 1. The first-order valence-electron chi connectivity index (χ1n) is 12.5. The number of nitrogens with zero attached hydrogens (tertiary/aromatic N) is 2. The standard InChI is InChI=1S/C31H31N2/c1-17-12-19(3)27-24-14-18(2)20(4)28-30(24)33(25(27)13-17)26-16-23(21-8-6-7-9-21)15-22-10-11-32(5)31(28)29(22)26/h10-16,21H,6-9H2,1-5H3/q+1. The first-order valence-corrected chi connectivity index (χ1v) is 12.5. The molecule has 2 nitrogen and oxygen atoms in total. The Morgan fingerprint density at radius 3 is 2.36 bits per heavy atom. The second kappa shape index (κ2) is 6.47. The minimum absolute atomic E-state index is 0.699. The van der Waals surface area contributed by atoms with Gasteiger partial charge in [-0.3, -0.25) is 0 Å². The van der Waals surface area contributed by atoms with Crippen LogP contribution in [0.5, 0.6) is 0 Å². The van der Waals surface area contributed by atoms with Crippen molar-refractivity contribution in [3.05, 3.63) is 70.4 Å². The van der Waals surface area contributed by atoms with Crippen LogP contribution < -0.4 is 4.57 Å². The van der Waals surface area contributed by atoms with E-state index in [0.717, 1.165) is 0 Å². The maximum atomic E-state index is 2.61. The van der Waals surface area contributed by atoms with Crippen LogP contribution in [0.4, 0.5) is 0 Å². The molecule has 1 fully saturated rings. The molecule has 0 unspecified atom stereocenters. The Kier molecular flexibility index (Phi) is 3.79. The van der Waals surface area contributed by atoms with Crippen molar-refractivity contribution in [1.29, 1.82) is 0 Å². The molecule has 3 aromatic carbocycles. The van der Waals surface area contributed by atoms with Gasteiger partial charge in [-0.15, -0.1) is 0 Å². The predicted octanol–water partition coefficient (Wildman–Crippen LogP) is 7.71. The van der Waals surface area contributed by atoms with E-state index in [0.29, 0.717) is 5.92 Å². The lowest BCUT2D eigenvalue weighted by molar-refractivity contribution is -0.643. The van der Waals surface area contributed by atoms with E-state index in [-0.39, 0.29) is 0 Å². The van der Waals surface area contributed by atoms with Crippen LogP contribution in [0.3, 0.4) is 0 Å². The molecule has 3 aromatic heterocycles. The number of aromatic nitrogens is 2. The summed E-state index contributed by atoms with van der Waals surface area (Å²) >= 11 is 0. The molecule has 0 amide bonds. The Hall–Kier alpha value is -3.13. The highest BCUT2D eigenvalue weighted by atomic mass is 15.0. The number of hydrogen-bond acceptors (Lipinski definition) is 0. The summed E-state index contributed by atoms with van der Waals surface area (Å²) in [5, 5.41) is 7.01. The fourth-order valence-electron chi connectivity index (χ4n) is 6.93. The van der Waals surface area contributed by atoms with Gasteiger partial charge in [-0.25, -0.2) is 4.57 Å². The summed E-state index contributed by atoms with van der Waals surface area (Å²) in [6, 6.07) is 14.5. The van der Waals surface area contributed by atoms with Gasteiger partial charge in [0.15, 0.2) is 6.20 Å². The zero-order valence-corrected chi connectivity index (χ0v) is 20.3. The summed E-state index contributed by atoms with van der Waals surface area (Å²) in [6.07, 6.45) is 7.65. The van der Waals surface area contributed by atoms with Crippen LogP contribution in [-0.4, -0.2) is 4.40 Å². The van der Waals surface area contributed by atoms with Crippen molar-refractivity contribution < 1.29 is 4.57 Å².